The summed E-state index contributed by atoms with van der Waals surface area (Å²) < 4.78 is 6.40. The van der Waals surface area contributed by atoms with Crippen LogP contribution in [0.3, 0.4) is 0 Å². The first-order chi connectivity index (χ1) is 9.69. The van der Waals surface area contributed by atoms with Gasteiger partial charge in [-0.15, -0.1) is 0 Å². The summed E-state index contributed by atoms with van der Waals surface area (Å²) in [5.74, 6) is 0.272. The summed E-state index contributed by atoms with van der Waals surface area (Å²) in [4.78, 5) is 27.1. The maximum absolute atomic E-state index is 11.9. The van der Waals surface area contributed by atoms with E-state index in [0.717, 1.165) is 25.7 Å². The molecule has 0 unspecified atom stereocenters. The molecule has 0 radical (unpaired) electrons. The van der Waals surface area contributed by atoms with Crippen LogP contribution in [0.5, 0.6) is 0 Å². The molecule has 1 heterocycles. The van der Waals surface area contributed by atoms with Crippen LogP contribution in [0.1, 0.15) is 39.0 Å². The maximum atomic E-state index is 11.9. The zero-order valence-electron chi connectivity index (χ0n) is 11.7. The van der Waals surface area contributed by atoms with Crippen molar-refractivity contribution < 1.29 is 14.3 Å². The topological polar surface area (TPSA) is 73.2 Å². The summed E-state index contributed by atoms with van der Waals surface area (Å²) in [6.45, 7) is 2.26. The number of carbonyl (C=O) groups is 2. The molecule has 110 valence electrons. The number of ether oxygens (including phenoxy) is 1. The minimum atomic E-state index is -0.142. The molecule has 1 N–H and O–H groups in total. The van der Waals surface area contributed by atoms with Gasteiger partial charge in [-0.2, -0.15) is 0 Å². The monoisotopic (exact) mass is 279 g/mol. The van der Waals surface area contributed by atoms with Crippen molar-refractivity contribution in [2.24, 2.45) is 5.92 Å². The van der Waals surface area contributed by atoms with Crippen LogP contribution in [0.25, 0.3) is 0 Å². The normalized spacial score (nSPS) is 22.2. The molecule has 2 rings (SSSR count). The van der Waals surface area contributed by atoms with Gasteiger partial charge in [-0.1, -0.05) is 0 Å². The van der Waals surface area contributed by atoms with Gasteiger partial charge in [-0.3, -0.25) is 9.36 Å². The average Bonchev–Trinajstić information content (AvgIpc) is 2.95. The number of hydrogen-bond acceptors (Lipinski definition) is 4. The number of esters is 1. The maximum Gasteiger partial charge on any atom is 0.327 e. The van der Waals surface area contributed by atoms with Gasteiger partial charge < -0.3 is 10.1 Å². The number of amides is 1. The Kier molecular flexibility index (Phi) is 5.15. The van der Waals surface area contributed by atoms with Gasteiger partial charge in [-0.05, 0) is 38.5 Å². The van der Waals surface area contributed by atoms with Gasteiger partial charge in [-0.25, -0.2) is 9.78 Å². The summed E-state index contributed by atoms with van der Waals surface area (Å²) in [5, 5.41) is 2.99. The van der Waals surface area contributed by atoms with Crippen LogP contribution in [0.15, 0.2) is 18.7 Å². The smallest absolute Gasteiger partial charge is 0.327 e. The molecule has 6 nitrogen and oxygen atoms in total. The van der Waals surface area contributed by atoms with Crippen molar-refractivity contribution in [3.05, 3.63) is 18.7 Å². The van der Waals surface area contributed by atoms with Crippen molar-refractivity contribution in [3.63, 3.8) is 0 Å². The number of nitrogens with zero attached hydrogens (tertiary/aromatic N) is 2. The van der Waals surface area contributed by atoms with Gasteiger partial charge in [0.25, 0.3) is 0 Å². The van der Waals surface area contributed by atoms with Gasteiger partial charge in [0.15, 0.2) is 0 Å². The van der Waals surface area contributed by atoms with Crippen molar-refractivity contribution in [1.29, 1.82) is 0 Å². The first kappa shape index (κ1) is 14.6. The fraction of sp³-hybridized carbons (Fsp3) is 0.643. The van der Waals surface area contributed by atoms with Crippen molar-refractivity contribution in [2.45, 2.75) is 45.1 Å². The number of aromatic nitrogens is 2. The minimum absolute atomic E-state index is 0.113. The Balaban J connectivity index is 1.71. The Morgan fingerprint density at radius 2 is 2.10 bits per heavy atom. The number of hydrogen-bond donors (Lipinski definition) is 1. The predicted octanol–water partition coefficient (Wildman–Crippen LogP) is 1.95. The molecule has 0 bridgehead atoms. The molecule has 0 aromatic carbocycles. The molecule has 1 aliphatic rings. The SMILES string of the molecule is CCOC(=O)C[C@H]1CC[C@H](NC(=O)n2ccnc2)CC1. The lowest BCUT2D eigenvalue weighted by Gasteiger charge is -2.28. The van der Waals surface area contributed by atoms with E-state index in [2.05, 4.69) is 10.3 Å². The van der Waals surface area contributed by atoms with Crippen molar-refractivity contribution >= 4 is 12.0 Å². The summed E-state index contributed by atoms with van der Waals surface area (Å²) in [6.07, 6.45) is 8.91. The highest BCUT2D eigenvalue weighted by Gasteiger charge is 2.24. The van der Waals surface area contributed by atoms with Gasteiger partial charge in [0, 0.05) is 24.9 Å². The highest BCUT2D eigenvalue weighted by atomic mass is 16.5. The molecule has 6 heteroatoms. The predicted molar refractivity (Wildman–Crippen MR) is 73.2 cm³/mol. The van der Waals surface area contributed by atoms with Crippen LogP contribution >= 0.6 is 0 Å². The van der Waals surface area contributed by atoms with Crippen molar-refractivity contribution in [1.82, 2.24) is 14.9 Å². The zero-order valence-corrected chi connectivity index (χ0v) is 11.7. The van der Waals surface area contributed by atoms with E-state index in [0.29, 0.717) is 18.9 Å². The van der Waals surface area contributed by atoms with Crippen LogP contribution in [0.2, 0.25) is 0 Å². The average molecular weight is 279 g/mol. The number of nitrogens with one attached hydrogen (secondary N) is 1. The Labute approximate surface area is 118 Å². The lowest BCUT2D eigenvalue weighted by Crippen LogP contribution is -2.39. The first-order valence-corrected chi connectivity index (χ1v) is 7.13. The molecular formula is C14H21N3O3. The summed E-state index contributed by atoms with van der Waals surface area (Å²) in [6, 6.07) is 0.0414. The van der Waals surface area contributed by atoms with E-state index >= 15 is 0 Å². The summed E-state index contributed by atoms with van der Waals surface area (Å²) in [7, 11) is 0. The molecule has 0 aliphatic heterocycles. The number of imidazole rings is 1. The van der Waals surface area contributed by atoms with Gasteiger partial charge in [0.2, 0.25) is 0 Å². The van der Waals surface area contributed by atoms with Crippen LogP contribution in [-0.4, -0.2) is 34.2 Å². The lowest BCUT2D eigenvalue weighted by atomic mass is 9.84. The molecule has 1 aliphatic carbocycles. The second-order valence-corrected chi connectivity index (χ2v) is 5.15. The summed E-state index contributed by atoms with van der Waals surface area (Å²) >= 11 is 0. The molecule has 1 amide bonds. The van der Waals surface area contributed by atoms with E-state index < -0.39 is 0 Å². The highest BCUT2D eigenvalue weighted by Crippen LogP contribution is 2.27. The third-order valence-electron chi connectivity index (χ3n) is 3.67. The molecule has 1 saturated carbocycles. The van der Waals surface area contributed by atoms with Gasteiger partial charge in [0.1, 0.15) is 6.33 Å². The fourth-order valence-corrected chi connectivity index (χ4v) is 2.59. The highest BCUT2D eigenvalue weighted by molar-refractivity contribution is 5.76. The molecule has 1 fully saturated rings. The Morgan fingerprint density at radius 3 is 2.70 bits per heavy atom. The second kappa shape index (κ2) is 7.07. The molecule has 1 aromatic heterocycles. The van der Waals surface area contributed by atoms with Crippen LogP contribution in [0.4, 0.5) is 4.79 Å². The second-order valence-electron chi connectivity index (χ2n) is 5.15. The zero-order chi connectivity index (χ0) is 14.4. The van der Waals surface area contributed by atoms with Gasteiger partial charge in [0.05, 0.1) is 6.61 Å². The van der Waals surface area contributed by atoms with Crippen molar-refractivity contribution in [2.75, 3.05) is 6.61 Å². The lowest BCUT2D eigenvalue weighted by molar-refractivity contribution is -0.144. The van der Waals surface area contributed by atoms with Crippen LogP contribution in [-0.2, 0) is 9.53 Å². The number of carbonyl (C=O) groups excluding carboxylic acids is 2. The van der Waals surface area contributed by atoms with E-state index in [9.17, 15) is 9.59 Å². The minimum Gasteiger partial charge on any atom is -0.466 e. The van der Waals surface area contributed by atoms with E-state index in [1.54, 1.807) is 12.4 Å². The largest absolute Gasteiger partial charge is 0.466 e. The van der Waals surface area contributed by atoms with E-state index in [1.165, 1.54) is 10.9 Å². The van der Waals surface area contributed by atoms with E-state index in [4.69, 9.17) is 4.74 Å². The molecular weight excluding hydrogens is 258 g/mol. The third kappa shape index (κ3) is 4.08. The van der Waals surface area contributed by atoms with Crippen LogP contribution < -0.4 is 5.32 Å². The Hall–Kier alpha value is -1.85. The summed E-state index contributed by atoms with van der Waals surface area (Å²) in [5.41, 5.74) is 0. The molecule has 20 heavy (non-hydrogen) atoms. The van der Waals surface area contributed by atoms with E-state index in [1.807, 2.05) is 6.92 Å². The van der Waals surface area contributed by atoms with Crippen LogP contribution in [0, 0.1) is 5.92 Å². The van der Waals surface area contributed by atoms with Gasteiger partial charge >= 0.3 is 12.0 Å². The molecule has 0 spiro atoms. The molecule has 0 saturated heterocycles. The molecule has 0 atom stereocenters. The Bertz CT molecular complexity index is 437. The third-order valence-corrected chi connectivity index (χ3v) is 3.67. The van der Waals surface area contributed by atoms with E-state index in [-0.39, 0.29) is 18.0 Å². The first-order valence-electron chi connectivity index (χ1n) is 7.13. The standard InChI is InChI=1S/C14H21N3O3/c1-2-20-13(18)9-11-3-5-12(6-4-11)16-14(19)17-8-7-15-10-17/h7-8,10-12H,2-6,9H2,1H3,(H,16,19)/t11-,12-. The van der Waals surface area contributed by atoms with Crippen molar-refractivity contribution in [3.8, 4) is 0 Å². The Morgan fingerprint density at radius 1 is 1.35 bits per heavy atom. The quantitative estimate of drug-likeness (QED) is 0.855. The molecule has 1 aromatic rings. The number of rotatable bonds is 4. The fourth-order valence-electron chi connectivity index (χ4n) is 2.59.